The fraction of sp³-hybridized carbons (Fsp3) is 0.265. The molecule has 0 aliphatic carbocycles. The van der Waals surface area contributed by atoms with E-state index in [1.165, 1.54) is 28.6 Å². The van der Waals surface area contributed by atoms with Gasteiger partial charge in [-0.2, -0.15) is 4.31 Å². The molecule has 0 bridgehead atoms. The molecule has 12 rings (SSSR count). The highest BCUT2D eigenvalue weighted by Crippen LogP contribution is 2.40. The Kier molecular flexibility index (Phi) is 14.5. The summed E-state index contributed by atoms with van der Waals surface area (Å²) in [6, 6.07) is 32.6. The van der Waals surface area contributed by atoms with E-state index < -0.39 is 19.1 Å². The number of ether oxygens (including phenoxy) is 4. The topological polar surface area (TPSA) is 182 Å². The number of nitrogens with zero attached hydrogens (tertiary/aromatic N) is 7. The molecule has 4 aliphatic rings. The van der Waals surface area contributed by atoms with E-state index in [1.54, 1.807) is 18.3 Å². The molecule has 0 saturated carbocycles. The van der Waals surface area contributed by atoms with Crippen LogP contribution in [0.4, 0.5) is 0 Å². The zero-order valence-electron chi connectivity index (χ0n) is 36.6. The molecule has 8 aromatic rings. The summed E-state index contributed by atoms with van der Waals surface area (Å²) in [4.78, 5) is 19.0. The van der Waals surface area contributed by atoms with Crippen molar-refractivity contribution in [2.45, 2.75) is 55.0 Å². The number of imidazole rings is 2. The first-order valence-electron chi connectivity index (χ1n) is 22.0. The van der Waals surface area contributed by atoms with Crippen LogP contribution in [0.1, 0.15) is 45.2 Å². The molecule has 8 heterocycles. The normalized spacial score (nSPS) is 16.0. The van der Waals surface area contributed by atoms with Gasteiger partial charge in [-0.25, -0.2) is 36.8 Å². The summed E-state index contributed by atoms with van der Waals surface area (Å²) < 4.78 is 75.0. The van der Waals surface area contributed by atoms with Crippen molar-refractivity contribution < 1.29 is 35.8 Å². The largest absolute Gasteiger partial charge is 0.454 e. The van der Waals surface area contributed by atoms with E-state index in [4.69, 9.17) is 62.8 Å². The first kappa shape index (κ1) is 49.0. The van der Waals surface area contributed by atoms with Crippen LogP contribution in [0.2, 0.25) is 10.0 Å². The number of nitrogens with one attached hydrogen (secondary N) is 1. The number of piperidine rings is 2. The first-order valence-corrected chi connectivity index (χ1v) is 26.5. The lowest BCUT2D eigenvalue weighted by Gasteiger charge is -2.32. The number of sulfonamides is 1. The van der Waals surface area contributed by atoms with Crippen LogP contribution in [-0.2, 0) is 19.1 Å². The minimum absolute atomic E-state index is 0. The third-order valence-corrected chi connectivity index (χ3v) is 16.1. The van der Waals surface area contributed by atoms with Gasteiger partial charge in [0, 0.05) is 71.5 Å². The summed E-state index contributed by atoms with van der Waals surface area (Å²) in [5, 5.41) is 4.76. The van der Waals surface area contributed by atoms with E-state index in [-0.39, 0.29) is 36.8 Å². The van der Waals surface area contributed by atoms with Crippen molar-refractivity contribution in [1.29, 1.82) is 0 Å². The van der Waals surface area contributed by atoms with Crippen LogP contribution < -0.4 is 24.3 Å². The molecule has 4 aromatic heterocycles. The molecule has 2 fully saturated rings. The number of pyridine rings is 2. The molecule has 2 saturated heterocycles. The van der Waals surface area contributed by atoms with Crippen molar-refractivity contribution in [3.05, 3.63) is 132 Å². The molecular formula is C49H47Cl3N8O8S2. The monoisotopic (exact) mass is 1040 g/mol. The summed E-state index contributed by atoms with van der Waals surface area (Å²) in [7, 11) is -2.20. The number of aromatic nitrogens is 6. The van der Waals surface area contributed by atoms with Gasteiger partial charge in [-0.1, -0.05) is 54.9 Å². The number of hydrogen-bond acceptors (Lipinski definition) is 13. The highest BCUT2D eigenvalue weighted by atomic mass is 35.7. The molecular weight excluding hydrogens is 999 g/mol. The highest BCUT2D eigenvalue weighted by molar-refractivity contribution is 8.13. The number of benzene rings is 4. The predicted molar refractivity (Wildman–Crippen MR) is 269 cm³/mol. The van der Waals surface area contributed by atoms with E-state index in [1.807, 2.05) is 79.0 Å². The zero-order valence-corrected chi connectivity index (χ0v) is 40.5. The van der Waals surface area contributed by atoms with E-state index >= 15 is 0 Å². The van der Waals surface area contributed by atoms with Gasteiger partial charge in [0.1, 0.15) is 22.7 Å². The van der Waals surface area contributed by atoms with Gasteiger partial charge in [0.25, 0.3) is 9.05 Å². The summed E-state index contributed by atoms with van der Waals surface area (Å²) in [6.07, 6.45) is 7.00. The summed E-state index contributed by atoms with van der Waals surface area (Å²) >= 11 is 12.9. The molecule has 21 heteroatoms. The average Bonchev–Trinajstić information content (AvgIpc) is 4.19. The molecule has 16 nitrogen and oxygen atoms in total. The summed E-state index contributed by atoms with van der Waals surface area (Å²) in [5.74, 6) is 3.62. The van der Waals surface area contributed by atoms with Gasteiger partial charge in [0.05, 0.1) is 19.8 Å². The number of halogens is 3. The van der Waals surface area contributed by atoms with E-state index in [0.717, 1.165) is 76.1 Å². The van der Waals surface area contributed by atoms with Crippen LogP contribution >= 0.6 is 33.9 Å². The second-order valence-corrected chi connectivity index (χ2v) is 21.7. The average molecular weight is 1050 g/mol. The van der Waals surface area contributed by atoms with Gasteiger partial charge in [0.15, 0.2) is 34.3 Å². The van der Waals surface area contributed by atoms with Crippen LogP contribution in [0.3, 0.4) is 0 Å². The number of rotatable bonds is 7. The fourth-order valence-corrected chi connectivity index (χ4v) is 11.5. The van der Waals surface area contributed by atoms with Gasteiger partial charge >= 0.3 is 0 Å². The lowest BCUT2D eigenvalue weighted by molar-refractivity contribution is 0.173. The van der Waals surface area contributed by atoms with Crippen molar-refractivity contribution in [2.24, 2.45) is 0 Å². The molecule has 70 heavy (non-hydrogen) atoms. The van der Waals surface area contributed by atoms with Gasteiger partial charge in [0.2, 0.25) is 23.6 Å². The maximum Gasteiger partial charge on any atom is 0.261 e. The standard InChI is InChI=1S/C24H21ClN4O4S.C17H17ClN4.C7H5ClO4S.CH4/c25-19-5-2-1-4-18(19)23-27-20-6-3-11-26-24(20)29(23)16-9-12-28(13-10-16)34(30,31)17-7-8-21-22(14-17)33-15-32-21;18-14-5-2-1-4-13(14)16-21-15-6-3-9-20-17(15)22(16)12-7-10-19-11-8-12;8-13(9,10)5-1-2-6-7(3-5)12-4-11-6;/h1-8,11,14,16H,9-10,12-13,15H2;1-6,9,12,19H,7-8,10-11H2;1-3H,4H2;1H4. The minimum Gasteiger partial charge on any atom is -0.454 e. The third-order valence-electron chi connectivity index (χ3n) is 12.2. The second kappa shape index (κ2) is 20.8. The van der Waals surface area contributed by atoms with Gasteiger partial charge in [-0.3, -0.25) is 0 Å². The van der Waals surface area contributed by atoms with Crippen LogP contribution in [0, 0.1) is 0 Å². The predicted octanol–water partition coefficient (Wildman–Crippen LogP) is 10.2. The molecule has 0 amide bonds. The van der Waals surface area contributed by atoms with Gasteiger partial charge in [-0.05, 0) is 112 Å². The quantitative estimate of drug-likeness (QED) is 0.149. The van der Waals surface area contributed by atoms with Gasteiger partial charge in [-0.15, -0.1) is 0 Å². The first-order chi connectivity index (χ1) is 33.4. The molecule has 0 atom stereocenters. The Morgan fingerprint density at radius 1 is 0.557 bits per heavy atom. The molecule has 0 unspecified atom stereocenters. The van der Waals surface area contributed by atoms with Crippen molar-refractivity contribution in [3.8, 4) is 45.8 Å². The third kappa shape index (κ3) is 9.99. The molecule has 1 N–H and O–H groups in total. The molecule has 4 aromatic carbocycles. The lowest BCUT2D eigenvalue weighted by Crippen LogP contribution is -2.39. The van der Waals surface area contributed by atoms with Crippen molar-refractivity contribution in [2.75, 3.05) is 39.8 Å². The molecule has 4 aliphatic heterocycles. The van der Waals surface area contributed by atoms with E-state index in [2.05, 4.69) is 24.4 Å². The number of fused-ring (bicyclic) bond motifs is 4. The lowest BCUT2D eigenvalue weighted by atomic mass is 10.1. The van der Waals surface area contributed by atoms with Crippen molar-refractivity contribution in [1.82, 2.24) is 38.7 Å². The minimum atomic E-state index is -3.69. The molecule has 0 radical (unpaired) electrons. The summed E-state index contributed by atoms with van der Waals surface area (Å²) in [6.45, 7) is 3.04. The Morgan fingerprint density at radius 2 is 1.01 bits per heavy atom. The van der Waals surface area contributed by atoms with Crippen LogP contribution in [0.5, 0.6) is 23.0 Å². The zero-order chi connectivity index (χ0) is 47.7. The van der Waals surface area contributed by atoms with Crippen LogP contribution in [-0.4, -0.2) is 90.0 Å². The Hall–Kier alpha value is -5.99. The Morgan fingerprint density at radius 3 is 1.51 bits per heavy atom. The van der Waals surface area contributed by atoms with Gasteiger partial charge < -0.3 is 33.4 Å². The van der Waals surface area contributed by atoms with Crippen molar-refractivity contribution >= 4 is 75.3 Å². The summed E-state index contributed by atoms with van der Waals surface area (Å²) in [5.41, 5.74) is 5.24. The van der Waals surface area contributed by atoms with Crippen molar-refractivity contribution in [3.63, 3.8) is 0 Å². The van der Waals surface area contributed by atoms with E-state index in [0.29, 0.717) is 60.0 Å². The SMILES string of the molecule is C.Clc1ccccc1-c1nc2cccnc2n1C1CCNCC1.O=S(=O)(Cl)c1ccc2c(c1)OCO2.O=S(=O)(c1ccc2c(c1)OCO2)N1CCC(n2c(-c3ccccc3Cl)nc3cccnc32)CC1. The van der Waals surface area contributed by atoms with Crippen LogP contribution in [0.25, 0.3) is 45.1 Å². The smallest absolute Gasteiger partial charge is 0.261 e. The highest BCUT2D eigenvalue weighted by Gasteiger charge is 2.33. The second-order valence-electron chi connectivity index (χ2n) is 16.3. The Labute approximate surface area is 419 Å². The maximum absolute atomic E-state index is 13.3. The molecule has 0 spiro atoms. The van der Waals surface area contributed by atoms with Crippen LogP contribution in [0.15, 0.2) is 131 Å². The Bertz CT molecular complexity index is 3420. The molecule has 364 valence electrons. The Balaban J connectivity index is 0.000000144. The fourth-order valence-electron chi connectivity index (χ4n) is 8.84. The van der Waals surface area contributed by atoms with E-state index in [9.17, 15) is 16.8 Å². The maximum atomic E-state index is 13.3. The number of hydrogen-bond donors (Lipinski definition) is 1.